The first-order chi connectivity index (χ1) is 11.3. The number of rotatable bonds is 7. The van der Waals surface area contributed by atoms with Crippen molar-refractivity contribution in [1.82, 2.24) is 0 Å². The maximum Gasteiger partial charge on any atom is 0.200 e. The van der Waals surface area contributed by atoms with Gasteiger partial charge in [0, 0.05) is 0 Å². The molecule has 1 atom stereocenters. The van der Waals surface area contributed by atoms with E-state index >= 15 is 0 Å². The second-order valence-electron chi connectivity index (χ2n) is 7.80. The molecule has 0 saturated carbocycles. The van der Waals surface area contributed by atoms with E-state index in [-0.39, 0.29) is 6.04 Å². The van der Waals surface area contributed by atoms with Gasteiger partial charge < -0.3 is 10.2 Å². The number of hydrogen-bond donors (Lipinski definition) is 1. The normalized spacial score (nSPS) is 14.1. The lowest BCUT2D eigenvalue weighted by Crippen LogP contribution is -2.48. The van der Waals surface area contributed by atoms with E-state index < -0.39 is 8.32 Å². The van der Waals surface area contributed by atoms with Crippen LogP contribution in [0, 0.1) is 0 Å². The Morgan fingerprint density at radius 1 is 0.833 bits per heavy atom. The van der Waals surface area contributed by atoms with Gasteiger partial charge in [0.15, 0.2) is 8.32 Å². The lowest BCUT2D eigenvalue weighted by atomic mass is 10.00. The number of fused-ring (bicyclic) bond motifs is 1. The van der Waals surface area contributed by atoms with Crippen LogP contribution in [0.3, 0.4) is 0 Å². The monoisotopic (exact) mass is 343 g/mol. The fourth-order valence-electron chi connectivity index (χ4n) is 4.40. The molecule has 0 saturated heterocycles. The Labute approximate surface area is 148 Å². The van der Waals surface area contributed by atoms with Crippen LogP contribution in [0.5, 0.6) is 0 Å². The predicted octanol–water partition coefficient (Wildman–Crippen LogP) is 6.03. The summed E-state index contributed by atoms with van der Waals surface area (Å²) < 4.78 is 6.69. The van der Waals surface area contributed by atoms with Gasteiger partial charge in [-0.05, 0) is 33.0 Å². The summed E-state index contributed by atoms with van der Waals surface area (Å²) >= 11 is 0. The second-order valence-corrected chi connectivity index (χ2v) is 13.3. The molecule has 0 heterocycles. The van der Waals surface area contributed by atoms with Crippen LogP contribution in [0.2, 0.25) is 16.6 Å². The smallest absolute Gasteiger partial charge is 0.200 e. The van der Waals surface area contributed by atoms with Crippen molar-refractivity contribution in [1.29, 1.82) is 0 Å². The molecule has 0 aliphatic carbocycles. The van der Waals surface area contributed by atoms with Crippen LogP contribution in [0.1, 0.15) is 53.1 Å². The van der Waals surface area contributed by atoms with Crippen molar-refractivity contribution < 1.29 is 4.43 Å². The minimum absolute atomic E-state index is 0.0841. The summed E-state index contributed by atoms with van der Waals surface area (Å²) in [4.78, 5) is 0. The summed E-state index contributed by atoms with van der Waals surface area (Å²) in [5.74, 6) is 0. The Kier molecular flexibility index (Phi) is 6.24. The molecule has 132 valence electrons. The average molecular weight is 344 g/mol. The molecular weight excluding hydrogens is 310 g/mol. The van der Waals surface area contributed by atoms with E-state index in [1.165, 1.54) is 16.3 Å². The average Bonchev–Trinajstić information content (AvgIpc) is 2.53. The van der Waals surface area contributed by atoms with Crippen molar-refractivity contribution in [3.63, 3.8) is 0 Å². The van der Waals surface area contributed by atoms with Crippen molar-refractivity contribution in [3.05, 3.63) is 48.0 Å². The fraction of sp³-hybridized carbons (Fsp3) is 0.524. The van der Waals surface area contributed by atoms with E-state index in [4.69, 9.17) is 10.2 Å². The van der Waals surface area contributed by atoms with Crippen molar-refractivity contribution >= 4 is 19.1 Å². The van der Waals surface area contributed by atoms with Gasteiger partial charge in [0.05, 0.1) is 12.6 Å². The van der Waals surface area contributed by atoms with Crippen LogP contribution in [-0.4, -0.2) is 14.9 Å². The van der Waals surface area contributed by atoms with Gasteiger partial charge in [-0.15, -0.1) is 0 Å². The van der Waals surface area contributed by atoms with E-state index in [2.05, 4.69) is 84.0 Å². The Balaban J connectivity index is 2.26. The summed E-state index contributed by atoms with van der Waals surface area (Å²) in [5.41, 5.74) is 9.50. The van der Waals surface area contributed by atoms with Gasteiger partial charge in [0.2, 0.25) is 0 Å². The van der Waals surface area contributed by atoms with E-state index in [1.54, 1.807) is 0 Å². The van der Waals surface area contributed by atoms with Gasteiger partial charge in [-0.3, -0.25) is 0 Å². The van der Waals surface area contributed by atoms with Crippen molar-refractivity contribution in [2.45, 2.75) is 64.2 Å². The van der Waals surface area contributed by atoms with Crippen LogP contribution in [-0.2, 0) is 4.43 Å². The van der Waals surface area contributed by atoms with E-state index in [1.807, 2.05) is 0 Å². The third-order valence-electron chi connectivity index (χ3n) is 5.44. The summed E-state index contributed by atoms with van der Waals surface area (Å²) in [6, 6.07) is 14.7. The van der Waals surface area contributed by atoms with Gasteiger partial charge in [-0.1, -0.05) is 84.0 Å². The molecule has 0 aromatic heterocycles. The van der Waals surface area contributed by atoms with Crippen molar-refractivity contribution in [2.24, 2.45) is 5.73 Å². The second kappa shape index (κ2) is 7.81. The Morgan fingerprint density at radius 3 is 1.96 bits per heavy atom. The van der Waals surface area contributed by atoms with Gasteiger partial charge >= 0.3 is 0 Å². The summed E-state index contributed by atoms with van der Waals surface area (Å²) in [7, 11) is -1.87. The molecule has 24 heavy (non-hydrogen) atoms. The lowest BCUT2D eigenvalue weighted by Gasteiger charge is -2.42. The number of benzene rings is 2. The minimum atomic E-state index is -1.87. The zero-order valence-electron chi connectivity index (χ0n) is 16.0. The largest absolute Gasteiger partial charge is 0.414 e. The van der Waals surface area contributed by atoms with Gasteiger partial charge in [-0.2, -0.15) is 0 Å². The third kappa shape index (κ3) is 3.58. The molecule has 0 aliphatic heterocycles. The van der Waals surface area contributed by atoms with Crippen molar-refractivity contribution in [3.8, 4) is 0 Å². The highest BCUT2D eigenvalue weighted by molar-refractivity contribution is 6.77. The molecule has 2 aromatic carbocycles. The molecule has 2 aromatic rings. The van der Waals surface area contributed by atoms with Gasteiger partial charge in [0.25, 0.3) is 0 Å². The Hall–Kier alpha value is -1.16. The molecule has 0 aliphatic rings. The highest BCUT2D eigenvalue weighted by Crippen LogP contribution is 2.42. The first-order valence-electron chi connectivity index (χ1n) is 9.17. The fourth-order valence-corrected chi connectivity index (χ4v) is 9.87. The molecule has 0 radical (unpaired) electrons. The SMILES string of the molecule is CC(C)[Si](OCC(N)c1cccc2ccccc12)(C(C)C)C(C)C. The molecule has 0 amide bonds. The zero-order valence-corrected chi connectivity index (χ0v) is 17.0. The molecule has 2 nitrogen and oxygen atoms in total. The minimum Gasteiger partial charge on any atom is -0.414 e. The molecular formula is C21H33NOSi. The van der Waals surface area contributed by atoms with E-state index in [9.17, 15) is 0 Å². The quantitative estimate of drug-likeness (QED) is 0.623. The number of hydrogen-bond acceptors (Lipinski definition) is 2. The Bertz CT molecular complexity index is 639. The molecule has 1 unspecified atom stereocenters. The maximum atomic E-state index is 6.69. The topological polar surface area (TPSA) is 35.2 Å². The highest BCUT2D eigenvalue weighted by atomic mass is 28.4. The van der Waals surface area contributed by atoms with Crippen LogP contribution >= 0.6 is 0 Å². The highest BCUT2D eigenvalue weighted by Gasteiger charge is 2.45. The van der Waals surface area contributed by atoms with Crippen LogP contribution in [0.15, 0.2) is 42.5 Å². The zero-order chi connectivity index (χ0) is 17.9. The molecule has 0 spiro atoms. The maximum absolute atomic E-state index is 6.69. The van der Waals surface area contributed by atoms with Crippen LogP contribution in [0.4, 0.5) is 0 Å². The van der Waals surface area contributed by atoms with Crippen LogP contribution in [0.25, 0.3) is 10.8 Å². The van der Waals surface area contributed by atoms with Crippen LogP contribution < -0.4 is 5.73 Å². The molecule has 0 bridgehead atoms. The Morgan fingerprint density at radius 2 is 1.38 bits per heavy atom. The molecule has 0 fully saturated rings. The molecule has 3 heteroatoms. The van der Waals surface area contributed by atoms with E-state index in [0.29, 0.717) is 23.2 Å². The number of nitrogens with two attached hydrogens (primary N) is 1. The molecule has 2 N–H and O–H groups in total. The summed E-state index contributed by atoms with van der Waals surface area (Å²) in [5, 5.41) is 2.48. The van der Waals surface area contributed by atoms with E-state index in [0.717, 1.165) is 0 Å². The van der Waals surface area contributed by atoms with Crippen molar-refractivity contribution in [2.75, 3.05) is 6.61 Å². The lowest BCUT2D eigenvalue weighted by molar-refractivity contribution is 0.256. The molecule has 2 rings (SSSR count). The third-order valence-corrected chi connectivity index (χ3v) is 11.5. The summed E-state index contributed by atoms with van der Waals surface area (Å²) in [6.45, 7) is 14.5. The van der Waals surface area contributed by atoms with Gasteiger partial charge in [-0.25, -0.2) is 0 Å². The van der Waals surface area contributed by atoms with Gasteiger partial charge in [0.1, 0.15) is 0 Å². The summed E-state index contributed by atoms with van der Waals surface area (Å²) in [6.07, 6.45) is 0. The first-order valence-corrected chi connectivity index (χ1v) is 11.3. The standard InChI is InChI=1S/C21H33NOSi/c1-15(2)24(16(3)4,17(5)6)23-14-21(22)20-13-9-11-18-10-7-8-12-19(18)20/h7-13,15-17,21H,14,22H2,1-6H3. The first kappa shape index (κ1) is 19.2. The predicted molar refractivity (Wildman–Crippen MR) is 108 cm³/mol.